The van der Waals surface area contributed by atoms with E-state index in [1.165, 1.54) is 24.3 Å². The molecule has 0 amide bonds. The summed E-state index contributed by atoms with van der Waals surface area (Å²) in [5.41, 5.74) is 6.02. The summed E-state index contributed by atoms with van der Waals surface area (Å²) >= 11 is 6.82. The van der Waals surface area contributed by atoms with Gasteiger partial charge in [0.1, 0.15) is 16.5 Å². The van der Waals surface area contributed by atoms with E-state index >= 15 is 0 Å². The van der Waals surface area contributed by atoms with E-state index in [1.54, 1.807) is 12.4 Å². The highest BCUT2D eigenvalue weighted by Gasteiger charge is 2.13. The van der Waals surface area contributed by atoms with Gasteiger partial charge in [-0.1, -0.05) is 12.2 Å². The molecule has 1 aromatic rings. The van der Waals surface area contributed by atoms with Crippen molar-refractivity contribution in [2.24, 2.45) is 5.73 Å². The van der Waals surface area contributed by atoms with Gasteiger partial charge in [-0.05, 0) is 24.3 Å². The quantitative estimate of drug-likeness (QED) is 0.795. The van der Waals surface area contributed by atoms with Crippen LogP contribution in [0, 0.1) is 0 Å². The zero-order valence-electron chi connectivity index (χ0n) is 8.85. The number of nitrogens with two attached hydrogens (primary N) is 1. The molecule has 0 atom stereocenters. The average molecular weight is 254 g/mol. The van der Waals surface area contributed by atoms with E-state index in [1.807, 2.05) is 11.8 Å². The lowest BCUT2D eigenvalue weighted by Gasteiger charge is -2.22. The number of hydrogen-bond acceptors (Lipinski definition) is 5. The molecule has 16 heavy (non-hydrogen) atoms. The minimum absolute atomic E-state index is 0.285. The van der Waals surface area contributed by atoms with E-state index in [2.05, 4.69) is 15.3 Å². The van der Waals surface area contributed by atoms with Gasteiger partial charge in [-0.15, -0.1) is 0 Å². The number of nitrogens with zero attached hydrogens (tertiary/aromatic N) is 2. The maximum Gasteiger partial charge on any atom is 0.144 e. The molecule has 0 unspecified atom stereocenters. The summed E-state index contributed by atoms with van der Waals surface area (Å²) in [6.07, 6.45) is 5.67. The van der Waals surface area contributed by atoms with Crippen LogP contribution in [0.15, 0.2) is 12.4 Å². The maximum atomic E-state index is 5.45. The molecule has 0 spiro atoms. The topological polar surface area (TPSA) is 63.8 Å². The summed E-state index contributed by atoms with van der Waals surface area (Å²) in [6, 6.07) is 0.520. The summed E-state index contributed by atoms with van der Waals surface area (Å²) < 4.78 is 0. The second kappa shape index (κ2) is 5.45. The van der Waals surface area contributed by atoms with Crippen LogP contribution in [0.2, 0.25) is 0 Å². The largest absolute Gasteiger partial charge is 0.388 e. The number of rotatable bonds is 3. The van der Waals surface area contributed by atoms with Gasteiger partial charge < -0.3 is 11.1 Å². The molecule has 3 N–H and O–H groups in total. The summed E-state index contributed by atoms with van der Waals surface area (Å²) in [4.78, 5) is 8.68. The first-order chi connectivity index (χ1) is 7.75. The van der Waals surface area contributed by atoms with E-state index in [9.17, 15) is 0 Å². The SMILES string of the molecule is NC(=S)c1cnc(NC2CCSCC2)cn1. The van der Waals surface area contributed by atoms with Crippen molar-refractivity contribution in [3.63, 3.8) is 0 Å². The standard InChI is InChI=1S/C10H14N4S2/c11-10(15)8-5-13-9(6-12-8)14-7-1-3-16-4-2-7/h5-7H,1-4H2,(H2,11,15)(H,13,14). The van der Waals surface area contributed by atoms with Crippen LogP contribution < -0.4 is 11.1 Å². The Bertz CT molecular complexity index is 360. The summed E-state index contributed by atoms with van der Waals surface area (Å²) in [7, 11) is 0. The highest BCUT2D eigenvalue weighted by Crippen LogP contribution is 2.19. The van der Waals surface area contributed by atoms with Gasteiger partial charge in [0, 0.05) is 6.04 Å². The number of nitrogens with one attached hydrogen (secondary N) is 1. The number of aromatic nitrogens is 2. The Hall–Kier alpha value is -0.880. The second-order valence-corrected chi connectivity index (χ2v) is 5.35. The van der Waals surface area contributed by atoms with Crippen LogP contribution in [0.1, 0.15) is 18.5 Å². The van der Waals surface area contributed by atoms with E-state index in [0.29, 0.717) is 11.7 Å². The molecule has 4 nitrogen and oxygen atoms in total. The smallest absolute Gasteiger partial charge is 0.144 e. The van der Waals surface area contributed by atoms with E-state index in [0.717, 1.165) is 5.82 Å². The highest BCUT2D eigenvalue weighted by atomic mass is 32.2. The Kier molecular flexibility index (Phi) is 3.95. The highest BCUT2D eigenvalue weighted by molar-refractivity contribution is 7.99. The first kappa shape index (κ1) is 11.6. The van der Waals surface area contributed by atoms with Gasteiger partial charge in [0.15, 0.2) is 0 Å². The molecule has 6 heteroatoms. The minimum atomic E-state index is 0.285. The lowest BCUT2D eigenvalue weighted by atomic mass is 10.1. The minimum Gasteiger partial charge on any atom is -0.388 e. The third-order valence-electron chi connectivity index (χ3n) is 2.48. The van der Waals surface area contributed by atoms with Gasteiger partial charge in [0.25, 0.3) is 0 Å². The second-order valence-electron chi connectivity index (χ2n) is 3.68. The Morgan fingerprint density at radius 3 is 2.69 bits per heavy atom. The molecule has 1 aromatic heterocycles. The molecule has 2 rings (SSSR count). The number of anilines is 1. The molecule has 0 aromatic carbocycles. The van der Waals surface area contributed by atoms with Crippen LogP contribution in [0.5, 0.6) is 0 Å². The van der Waals surface area contributed by atoms with Crippen LogP contribution in [0.4, 0.5) is 5.82 Å². The van der Waals surface area contributed by atoms with Gasteiger partial charge in [0.2, 0.25) is 0 Å². The van der Waals surface area contributed by atoms with Crippen LogP contribution in [0.25, 0.3) is 0 Å². The van der Waals surface area contributed by atoms with E-state index in [-0.39, 0.29) is 4.99 Å². The fourth-order valence-corrected chi connectivity index (χ4v) is 2.79. The molecule has 0 bridgehead atoms. The zero-order valence-corrected chi connectivity index (χ0v) is 10.5. The van der Waals surface area contributed by atoms with Gasteiger partial charge >= 0.3 is 0 Å². The Labute approximate surface area is 104 Å². The van der Waals surface area contributed by atoms with Gasteiger partial charge in [-0.25, -0.2) is 9.97 Å². The molecule has 1 aliphatic heterocycles. The van der Waals surface area contributed by atoms with Crippen LogP contribution >= 0.6 is 24.0 Å². The number of hydrogen-bond donors (Lipinski definition) is 2. The first-order valence-electron chi connectivity index (χ1n) is 5.22. The van der Waals surface area contributed by atoms with Gasteiger partial charge in [-0.2, -0.15) is 11.8 Å². The van der Waals surface area contributed by atoms with Crippen molar-refractivity contribution in [2.75, 3.05) is 16.8 Å². The van der Waals surface area contributed by atoms with Crippen LogP contribution in [0.3, 0.4) is 0 Å². The summed E-state index contributed by atoms with van der Waals surface area (Å²) in [5.74, 6) is 3.24. The normalized spacial score (nSPS) is 17.0. The number of thiocarbonyl (C=S) groups is 1. The molecule has 0 saturated carbocycles. The molecule has 0 aliphatic carbocycles. The van der Waals surface area contributed by atoms with Crippen LogP contribution in [-0.4, -0.2) is 32.5 Å². The Morgan fingerprint density at radius 2 is 2.12 bits per heavy atom. The van der Waals surface area contributed by atoms with Gasteiger partial charge in [0.05, 0.1) is 12.4 Å². The summed E-state index contributed by atoms with van der Waals surface area (Å²) in [5, 5.41) is 3.38. The first-order valence-corrected chi connectivity index (χ1v) is 6.78. The van der Waals surface area contributed by atoms with Crippen molar-refractivity contribution in [1.82, 2.24) is 9.97 Å². The Morgan fingerprint density at radius 1 is 1.38 bits per heavy atom. The van der Waals surface area contributed by atoms with Crippen molar-refractivity contribution < 1.29 is 0 Å². The Balaban J connectivity index is 1.96. The lowest BCUT2D eigenvalue weighted by Crippen LogP contribution is -2.25. The van der Waals surface area contributed by atoms with Crippen molar-refractivity contribution in [3.05, 3.63) is 18.1 Å². The fraction of sp³-hybridized carbons (Fsp3) is 0.500. The van der Waals surface area contributed by atoms with Crippen molar-refractivity contribution in [2.45, 2.75) is 18.9 Å². The average Bonchev–Trinajstić information content (AvgIpc) is 2.31. The predicted octanol–water partition coefficient (Wildman–Crippen LogP) is 1.42. The van der Waals surface area contributed by atoms with E-state index < -0.39 is 0 Å². The zero-order chi connectivity index (χ0) is 11.4. The third kappa shape index (κ3) is 3.05. The van der Waals surface area contributed by atoms with E-state index in [4.69, 9.17) is 18.0 Å². The van der Waals surface area contributed by atoms with Gasteiger partial charge in [-0.3, -0.25) is 0 Å². The van der Waals surface area contributed by atoms with Crippen molar-refractivity contribution in [3.8, 4) is 0 Å². The van der Waals surface area contributed by atoms with Crippen molar-refractivity contribution in [1.29, 1.82) is 0 Å². The molecular formula is C10H14N4S2. The lowest BCUT2D eigenvalue weighted by molar-refractivity contribution is 0.663. The molecule has 1 fully saturated rings. The maximum absolute atomic E-state index is 5.45. The molecular weight excluding hydrogens is 240 g/mol. The fourth-order valence-electron chi connectivity index (χ4n) is 1.58. The van der Waals surface area contributed by atoms with Crippen LogP contribution in [-0.2, 0) is 0 Å². The predicted molar refractivity (Wildman–Crippen MR) is 71.9 cm³/mol. The summed E-state index contributed by atoms with van der Waals surface area (Å²) in [6.45, 7) is 0. The molecule has 2 heterocycles. The molecule has 86 valence electrons. The number of thioether (sulfide) groups is 1. The monoisotopic (exact) mass is 254 g/mol. The molecule has 1 saturated heterocycles. The van der Waals surface area contributed by atoms with Crippen molar-refractivity contribution >= 4 is 34.8 Å². The molecule has 0 radical (unpaired) electrons. The third-order valence-corrected chi connectivity index (χ3v) is 3.74. The molecule has 1 aliphatic rings.